The third-order valence-electron chi connectivity index (χ3n) is 5.57. The molecule has 27 heavy (non-hydrogen) atoms. The van der Waals surface area contributed by atoms with Gasteiger partial charge in [-0.3, -0.25) is 9.59 Å². The van der Waals surface area contributed by atoms with E-state index in [0.717, 1.165) is 29.5 Å². The SMILES string of the molecule is CCN(CC)C(=O)CSc1nc2sc3c(c2c(=O)[nH]1)CC[C@@H](C(C)(C)C)C3. The minimum atomic E-state index is -0.0653. The molecule has 1 atom stereocenters. The van der Waals surface area contributed by atoms with Gasteiger partial charge in [0, 0.05) is 18.0 Å². The molecule has 0 unspecified atom stereocenters. The highest BCUT2D eigenvalue weighted by Crippen LogP contribution is 2.42. The first-order chi connectivity index (χ1) is 12.7. The predicted molar refractivity (Wildman–Crippen MR) is 114 cm³/mol. The van der Waals surface area contributed by atoms with E-state index in [1.165, 1.54) is 22.2 Å². The van der Waals surface area contributed by atoms with Gasteiger partial charge in [0.05, 0.1) is 11.1 Å². The molecule has 1 N–H and O–H groups in total. The van der Waals surface area contributed by atoms with Crippen molar-refractivity contribution in [3.63, 3.8) is 0 Å². The van der Waals surface area contributed by atoms with Gasteiger partial charge in [0.25, 0.3) is 5.56 Å². The Morgan fingerprint density at radius 1 is 1.33 bits per heavy atom. The Balaban J connectivity index is 1.84. The number of rotatable bonds is 5. The van der Waals surface area contributed by atoms with Crippen molar-refractivity contribution >= 4 is 39.2 Å². The number of aromatic amines is 1. The number of thioether (sulfide) groups is 1. The van der Waals surface area contributed by atoms with Crippen molar-refractivity contribution in [3.05, 3.63) is 20.8 Å². The molecule has 5 nitrogen and oxygen atoms in total. The second-order valence-electron chi connectivity index (χ2n) is 8.22. The standard InChI is InChI=1S/C20H29N3O2S2/c1-6-23(7-2)15(24)11-26-19-21-17(25)16-13-9-8-12(20(3,4)5)10-14(13)27-18(16)22-19/h12H,6-11H2,1-5H3,(H,21,22,25)/t12-/m1/s1. The number of carbonyl (C=O) groups excluding carboxylic acids is 1. The zero-order chi connectivity index (χ0) is 19.8. The molecule has 0 aromatic carbocycles. The molecule has 2 aromatic heterocycles. The lowest BCUT2D eigenvalue weighted by atomic mass is 9.72. The van der Waals surface area contributed by atoms with Gasteiger partial charge in [-0.05, 0) is 50.0 Å². The average Bonchev–Trinajstić information content (AvgIpc) is 2.98. The molecule has 148 valence electrons. The predicted octanol–water partition coefficient (Wildman–Crippen LogP) is 4.10. The number of fused-ring (bicyclic) bond motifs is 3. The lowest BCUT2D eigenvalue weighted by Crippen LogP contribution is -2.32. The molecule has 0 radical (unpaired) electrons. The van der Waals surface area contributed by atoms with Crippen molar-refractivity contribution < 1.29 is 4.79 Å². The van der Waals surface area contributed by atoms with Crippen LogP contribution in [0.5, 0.6) is 0 Å². The number of H-pyrrole nitrogens is 1. The quantitative estimate of drug-likeness (QED) is 0.599. The Morgan fingerprint density at radius 2 is 2.04 bits per heavy atom. The van der Waals surface area contributed by atoms with Gasteiger partial charge >= 0.3 is 0 Å². The third-order valence-corrected chi connectivity index (χ3v) is 7.58. The molecule has 2 aromatic rings. The number of hydrogen-bond donors (Lipinski definition) is 1. The Morgan fingerprint density at radius 3 is 2.67 bits per heavy atom. The summed E-state index contributed by atoms with van der Waals surface area (Å²) in [6, 6.07) is 0. The molecule has 0 bridgehead atoms. The van der Waals surface area contributed by atoms with Gasteiger partial charge in [0.15, 0.2) is 5.16 Å². The summed E-state index contributed by atoms with van der Waals surface area (Å²) in [5.74, 6) is 1.01. The van der Waals surface area contributed by atoms with Crippen molar-refractivity contribution in [2.24, 2.45) is 11.3 Å². The van der Waals surface area contributed by atoms with Gasteiger partial charge in [-0.25, -0.2) is 4.98 Å². The van der Waals surface area contributed by atoms with Crippen LogP contribution in [0.3, 0.4) is 0 Å². The summed E-state index contributed by atoms with van der Waals surface area (Å²) < 4.78 is 0. The molecule has 0 spiro atoms. The van der Waals surface area contributed by atoms with Gasteiger partial charge in [-0.2, -0.15) is 0 Å². The minimum Gasteiger partial charge on any atom is -0.343 e. The maximum atomic E-state index is 12.7. The molecule has 0 fully saturated rings. The minimum absolute atomic E-state index is 0.0653. The number of aromatic nitrogens is 2. The maximum Gasteiger partial charge on any atom is 0.260 e. The number of aryl methyl sites for hydroxylation is 1. The fraction of sp³-hybridized carbons (Fsp3) is 0.650. The van der Waals surface area contributed by atoms with Crippen LogP contribution in [0.1, 0.15) is 51.5 Å². The molecular weight excluding hydrogens is 378 g/mol. The third kappa shape index (κ3) is 4.24. The topological polar surface area (TPSA) is 66.1 Å². The van der Waals surface area contributed by atoms with Crippen molar-refractivity contribution in [2.45, 2.75) is 59.0 Å². The second kappa shape index (κ2) is 7.95. The van der Waals surface area contributed by atoms with E-state index in [0.29, 0.717) is 29.9 Å². The smallest absolute Gasteiger partial charge is 0.260 e. The van der Waals surface area contributed by atoms with Gasteiger partial charge < -0.3 is 9.88 Å². The van der Waals surface area contributed by atoms with Crippen LogP contribution in [0, 0.1) is 11.3 Å². The average molecular weight is 408 g/mol. The van der Waals surface area contributed by atoms with Gasteiger partial charge in [-0.1, -0.05) is 32.5 Å². The van der Waals surface area contributed by atoms with E-state index in [1.807, 2.05) is 13.8 Å². The maximum absolute atomic E-state index is 12.7. The summed E-state index contributed by atoms with van der Waals surface area (Å²) in [5, 5.41) is 1.31. The fourth-order valence-corrected chi connectivity index (χ4v) is 5.89. The molecule has 3 rings (SSSR count). The molecule has 0 aliphatic heterocycles. The van der Waals surface area contributed by atoms with Gasteiger partial charge in [0.2, 0.25) is 5.91 Å². The molecule has 0 saturated heterocycles. The normalized spacial score (nSPS) is 17.1. The highest BCUT2D eigenvalue weighted by atomic mass is 32.2. The first kappa shape index (κ1) is 20.4. The molecular formula is C20H29N3O2S2. The first-order valence-electron chi connectivity index (χ1n) is 9.69. The van der Waals surface area contributed by atoms with Crippen molar-refractivity contribution in [2.75, 3.05) is 18.8 Å². The van der Waals surface area contributed by atoms with Crippen LogP contribution < -0.4 is 5.56 Å². The van der Waals surface area contributed by atoms with Crippen molar-refractivity contribution in [1.29, 1.82) is 0 Å². The van der Waals surface area contributed by atoms with Crippen LogP contribution in [-0.4, -0.2) is 39.6 Å². The van der Waals surface area contributed by atoms with E-state index in [9.17, 15) is 9.59 Å². The Hall–Kier alpha value is -1.34. The van der Waals surface area contributed by atoms with E-state index in [4.69, 9.17) is 0 Å². The van der Waals surface area contributed by atoms with Crippen LogP contribution in [0.2, 0.25) is 0 Å². The van der Waals surface area contributed by atoms with Crippen LogP contribution in [0.25, 0.3) is 10.2 Å². The van der Waals surface area contributed by atoms with E-state index < -0.39 is 0 Å². The zero-order valence-electron chi connectivity index (χ0n) is 16.8. The van der Waals surface area contributed by atoms with E-state index in [-0.39, 0.29) is 16.9 Å². The number of nitrogens with zero attached hydrogens (tertiary/aromatic N) is 2. The summed E-state index contributed by atoms with van der Waals surface area (Å²) in [6.45, 7) is 12.2. The number of hydrogen-bond acceptors (Lipinski definition) is 5. The fourth-order valence-electron chi connectivity index (χ4n) is 3.77. The van der Waals surface area contributed by atoms with Crippen LogP contribution >= 0.6 is 23.1 Å². The van der Waals surface area contributed by atoms with Crippen molar-refractivity contribution in [3.8, 4) is 0 Å². The Bertz CT molecular complexity index is 891. The van der Waals surface area contributed by atoms with Crippen LogP contribution in [-0.2, 0) is 17.6 Å². The van der Waals surface area contributed by atoms with E-state index >= 15 is 0 Å². The van der Waals surface area contributed by atoms with Gasteiger partial charge in [-0.15, -0.1) is 11.3 Å². The monoisotopic (exact) mass is 407 g/mol. The van der Waals surface area contributed by atoms with Crippen LogP contribution in [0.4, 0.5) is 0 Å². The zero-order valence-corrected chi connectivity index (χ0v) is 18.5. The second-order valence-corrected chi connectivity index (χ2v) is 10.3. The summed E-state index contributed by atoms with van der Waals surface area (Å²) >= 11 is 2.97. The lowest BCUT2D eigenvalue weighted by Gasteiger charge is -2.33. The number of thiophene rings is 1. The number of amides is 1. The molecule has 1 aliphatic carbocycles. The molecule has 1 amide bonds. The number of carbonyl (C=O) groups is 1. The molecule has 0 saturated carbocycles. The summed E-state index contributed by atoms with van der Waals surface area (Å²) in [7, 11) is 0. The first-order valence-corrected chi connectivity index (χ1v) is 11.5. The van der Waals surface area contributed by atoms with Gasteiger partial charge in [0.1, 0.15) is 4.83 Å². The van der Waals surface area contributed by atoms with Crippen LogP contribution in [0.15, 0.2) is 9.95 Å². The van der Waals surface area contributed by atoms with E-state index in [1.54, 1.807) is 16.2 Å². The van der Waals surface area contributed by atoms with Crippen molar-refractivity contribution in [1.82, 2.24) is 14.9 Å². The lowest BCUT2D eigenvalue weighted by molar-refractivity contribution is -0.127. The van der Waals surface area contributed by atoms with E-state index in [2.05, 4.69) is 30.7 Å². The highest BCUT2D eigenvalue weighted by molar-refractivity contribution is 7.99. The molecule has 2 heterocycles. The Labute approximate surface area is 169 Å². The molecule has 1 aliphatic rings. The summed E-state index contributed by atoms with van der Waals surface area (Å²) in [4.78, 5) is 36.4. The summed E-state index contributed by atoms with van der Waals surface area (Å²) in [5.41, 5.74) is 1.41. The summed E-state index contributed by atoms with van der Waals surface area (Å²) in [6.07, 6.45) is 3.10. The molecule has 7 heteroatoms. The highest BCUT2D eigenvalue weighted by Gasteiger charge is 2.31. The largest absolute Gasteiger partial charge is 0.343 e. The Kier molecular flexibility index (Phi) is 6.01. The number of nitrogens with one attached hydrogen (secondary N) is 1.